The molecule has 7 nitrogen and oxygen atoms in total. The van der Waals surface area contributed by atoms with Crippen LogP contribution >= 0.6 is 23.1 Å². The molecule has 3 heterocycles. The Hall–Kier alpha value is -1.91. The summed E-state index contributed by atoms with van der Waals surface area (Å²) in [6.45, 7) is 1.97. The van der Waals surface area contributed by atoms with Crippen molar-refractivity contribution >= 4 is 33.3 Å². The summed E-state index contributed by atoms with van der Waals surface area (Å²) in [5.74, 6) is 1.27. The standard InChI is InChI=1S/C21H25N3O4S2/c1-23-10-9-15-16(11-23)30-19-18(15)20(25)24(13-5-7-14(26-2)8-6-13)21(22-19)29-12-17(27-3)28-4/h5-8,17H,9-12H2,1-4H3/p+1. The van der Waals surface area contributed by atoms with E-state index in [4.69, 9.17) is 19.2 Å². The Morgan fingerprint density at radius 3 is 2.63 bits per heavy atom. The van der Waals surface area contributed by atoms with Gasteiger partial charge < -0.3 is 19.1 Å². The number of rotatable bonds is 7. The highest BCUT2D eigenvalue weighted by Crippen LogP contribution is 2.32. The average Bonchev–Trinajstić information content (AvgIpc) is 3.12. The van der Waals surface area contributed by atoms with Crippen molar-refractivity contribution in [1.29, 1.82) is 0 Å². The maximum Gasteiger partial charge on any atom is 0.267 e. The van der Waals surface area contributed by atoms with Gasteiger partial charge in [-0.1, -0.05) is 11.8 Å². The van der Waals surface area contributed by atoms with E-state index in [1.165, 1.54) is 27.1 Å². The topological polar surface area (TPSA) is 67.0 Å². The third kappa shape index (κ3) is 4.00. The molecule has 1 aromatic carbocycles. The fourth-order valence-corrected chi connectivity index (χ4v) is 6.08. The van der Waals surface area contributed by atoms with Crippen molar-refractivity contribution < 1.29 is 19.1 Å². The van der Waals surface area contributed by atoms with Gasteiger partial charge in [-0.2, -0.15) is 0 Å². The summed E-state index contributed by atoms with van der Waals surface area (Å²) < 4.78 is 17.6. The van der Waals surface area contributed by atoms with Crippen LogP contribution < -0.4 is 15.2 Å². The molecule has 1 aliphatic heterocycles. The Balaban J connectivity index is 1.87. The van der Waals surface area contributed by atoms with Gasteiger partial charge in [-0.3, -0.25) is 9.36 Å². The first-order chi connectivity index (χ1) is 14.5. The number of ether oxygens (including phenoxy) is 3. The van der Waals surface area contributed by atoms with Gasteiger partial charge in [0, 0.05) is 20.6 Å². The Kier molecular flexibility index (Phi) is 6.45. The lowest BCUT2D eigenvalue weighted by atomic mass is 10.1. The molecule has 0 radical (unpaired) electrons. The van der Waals surface area contributed by atoms with E-state index in [2.05, 4.69) is 7.05 Å². The molecule has 0 fully saturated rings. The van der Waals surface area contributed by atoms with E-state index in [1.54, 1.807) is 37.2 Å². The lowest BCUT2D eigenvalue weighted by Gasteiger charge is -2.19. The molecule has 1 unspecified atom stereocenters. The van der Waals surface area contributed by atoms with Crippen LogP contribution in [0.3, 0.4) is 0 Å². The van der Waals surface area contributed by atoms with Crippen molar-refractivity contribution in [2.75, 3.05) is 40.7 Å². The number of hydrogen-bond acceptors (Lipinski definition) is 7. The Labute approximate surface area is 183 Å². The summed E-state index contributed by atoms with van der Waals surface area (Å²) in [5, 5.41) is 1.40. The van der Waals surface area contributed by atoms with Crippen LogP contribution in [0.4, 0.5) is 0 Å². The maximum absolute atomic E-state index is 13.7. The average molecular weight is 449 g/mol. The molecule has 0 saturated heterocycles. The van der Waals surface area contributed by atoms with Crippen LogP contribution in [0.25, 0.3) is 15.9 Å². The van der Waals surface area contributed by atoms with E-state index < -0.39 is 0 Å². The minimum atomic E-state index is -0.374. The second-order valence-corrected chi connectivity index (χ2v) is 9.33. The normalized spacial score (nSPS) is 16.2. The first kappa shape index (κ1) is 21.3. The molecule has 160 valence electrons. The van der Waals surface area contributed by atoms with Gasteiger partial charge in [0.2, 0.25) is 0 Å². The number of thiophene rings is 1. The van der Waals surface area contributed by atoms with Crippen molar-refractivity contribution in [3.63, 3.8) is 0 Å². The van der Waals surface area contributed by atoms with Gasteiger partial charge in [0.05, 0.1) is 42.4 Å². The fraction of sp³-hybridized carbons (Fsp3) is 0.429. The van der Waals surface area contributed by atoms with Crippen LogP contribution in [0.2, 0.25) is 0 Å². The van der Waals surface area contributed by atoms with Gasteiger partial charge in [0.1, 0.15) is 17.1 Å². The highest BCUT2D eigenvalue weighted by atomic mass is 32.2. The molecule has 1 N–H and O–H groups in total. The molecule has 0 amide bonds. The molecule has 2 aromatic heterocycles. The number of likely N-dealkylation sites (N-methyl/N-ethyl adjacent to an activating group) is 1. The number of nitrogens with zero attached hydrogens (tertiary/aromatic N) is 2. The highest BCUT2D eigenvalue weighted by molar-refractivity contribution is 7.99. The van der Waals surface area contributed by atoms with Gasteiger partial charge in [0.25, 0.3) is 5.56 Å². The van der Waals surface area contributed by atoms with Crippen LogP contribution in [0.1, 0.15) is 10.4 Å². The number of fused-ring (bicyclic) bond motifs is 3. The monoisotopic (exact) mass is 448 g/mol. The Morgan fingerprint density at radius 2 is 1.97 bits per heavy atom. The number of methoxy groups -OCH3 is 3. The van der Waals surface area contributed by atoms with E-state index in [0.29, 0.717) is 10.9 Å². The molecular weight excluding hydrogens is 422 g/mol. The third-order valence-corrected chi connectivity index (χ3v) is 7.44. The van der Waals surface area contributed by atoms with Crippen molar-refractivity contribution in [3.8, 4) is 11.4 Å². The SMILES string of the molecule is COc1ccc(-n2c(SCC(OC)OC)nc3sc4c(c3c2=O)CC[NH+](C)C4)cc1. The van der Waals surface area contributed by atoms with E-state index in [-0.39, 0.29) is 11.8 Å². The van der Waals surface area contributed by atoms with Crippen molar-refractivity contribution in [2.24, 2.45) is 0 Å². The van der Waals surface area contributed by atoms with Crippen LogP contribution in [0.5, 0.6) is 5.75 Å². The molecule has 0 aliphatic carbocycles. The maximum atomic E-state index is 13.7. The number of hydrogen-bond donors (Lipinski definition) is 1. The summed E-state index contributed by atoms with van der Waals surface area (Å²) in [5.41, 5.74) is 1.92. The first-order valence-electron chi connectivity index (χ1n) is 9.77. The lowest BCUT2D eigenvalue weighted by molar-refractivity contribution is -0.895. The molecule has 1 aliphatic rings. The van der Waals surface area contributed by atoms with Crippen LogP contribution in [0.15, 0.2) is 34.2 Å². The zero-order valence-corrected chi connectivity index (χ0v) is 19.2. The Morgan fingerprint density at radius 1 is 1.23 bits per heavy atom. The molecule has 0 saturated carbocycles. The summed E-state index contributed by atoms with van der Waals surface area (Å²) in [6, 6.07) is 7.49. The number of thioether (sulfide) groups is 1. The molecule has 3 aromatic rings. The predicted molar refractivity (Wildman–Crippen MR) is 119 cm³/mol. The van der Waals surface area contributed by atoms with Gasteiger partial charge in [0.15, 0.2) is 11.4 Å². The summed E-state index contributed by atoms with van der Waals surface area (Å²) >= 11 is 3.10. The highest BCUT2D eigenvalue weighted by Gasteiger charge is 2.26. The Bertz CT molecular complexity index is 1090. The van der Waals surface area contributed by atoms with Crippen molar-refractivity contribution in [1.82, 2.24) is 9.55 Å². The second-order valence-electron chi connectivity index (χ2n) is 7.26. The van der Waals surface area contributed by atoms with Crippen molar-refractivity contribution in [3.05, 3.63) is 45.1 Å². The fourth-order valence-electron chi connectivity index (χ4n) is 3.67. The van der Waals surface area contributed by atoms with E-state index in [0.717, 1.165) is 41.2 Å². The summed E-state index contributed by atoms with van der Waals surface area (Å²) in [7, 11) is 7.03. The van der Waals surface area contributed by atoms with Crippen LogP contribution in [0, 0.1) is 0 Å². The quantitative estimate of drug-likeness (QED) is 0.337. The van der Waals surface area contributed by atoms with Crippen LogP contribution in [-0.2, 0) is 22.4 Å². The molecule has 1 atom stereocenters. The second kappa shape index (κ2) is 9.07. The number of nitrogens with one attached hydrogen (secondary N) is 1. The smallest absolute Gasteiger partial charge is 0.267 e. The van der Waals surface area contributed by atoms with Crippen LogP contribution in [-0.4, -0.2) is 56.5 Å². The molecular formula is C21H26N3O4S2+. The predicted octanol–water partition coefficient (Wildman–Crippen LogP) is 1.74. The molecule has 9 heteroatoms. The van der Waals surface area contributed by atoms with Gasteiger partial charge in [-0.05, 0) is 29.8 Å². The molecule has 4 rings (SSSR count). The summed E-state index contributed by atoms with van der Waals surface area (Å²) in [4.78, 5) is 22.2. The third-order valence-electron chi connectivity index (χ3n) is 5.35. The molecule has 0 bridgehead atoms. The number of benzene rings is 1. The van der Waals surface area contributed by atoms with E-state index >= 15 is 0 Å². The number of aromatic nitrogens is 2. The zero-order valence-electron chi connectivity index (χ0n) is 17.6. The van der Waals surface area contributed by atoms with Gasteiger partial charge in [-0.25, -0.2) is 4.98 Å². The number of quaternary nitrogens is 1. The molecule has 0 spiro atoms. The zero-order chi connectivity index (χ0) is 21.3. The van der Waals surface area contributed by atoms with E-state index in [1.807, 2.05) is 24.3 Å². The minimum absolute atomic E-state index is 0.0175. The van der Waals surface area contributed by atoms with Gasteiger partial charge >= 0.3 is 0 Å². The van der Waals surface area contributed by atoms with Crippen molar-refractivity contribution in [2.45, 2.75) is 24.4 Å². The molecule has 30 heavy (non-hydrogen) atoms. The minimum Gasteiger partial charge on any atom is -0.497 e. The first-order valence-corrected chi connectivity index (χ1v) is 11.6. The lowest BCUT2D eigenvalue weighted by Crippen LogP contribution is -3.08. The largest absolute Gasteiger partial charge is 0.497 e. The van der Waals surface area contributed by atoms with E-state index in [9.17, 15) is 4.79 Å². The summed E-state index contributed by atoms with van der Waals surface area (Å²) in [6.07, 6.45) is 0.531. The van der Waals surface area contributed by atoms with Gasteiger partial charge in [-0.15, -0.1) is 11.3 Å².